The van der Waals surface area contributed by atoms with Crippen LogP contribution in [0.1, 0.15) is 34.1 Å². The van der Waals surface area contributed by atoms with Crippen molar-refractivity contribution in [3.05, 3.63) is 45.6 Å². The minimum absolute atomic E-state index is 0.0378. The molecule has 0 aliphatic rings. The lowest BCUT2D eigenvalue weighted by Crippen LogP contribution is -2.24. The number of benzene rings is 1. The van der Waals surface area contributed by atoms with Gasteiger partial charge in [0.15, 0.2) is 5.13 Å². The number of carbonyl (C=O) groups excluding carboxylic acids is 2. The number of nitrogens with zero attached hydrogens (tertiary/aromatic N) is 2. The Bertz CT molecular complexity index is 789. The molecule has 0 spiro atoms. The highest BCUT2D eigenvalue weighted by Gasteiger charge is 2.17. The highest BCUT2D eigenvalue weighted by Crippen LogP contribution is 2.26. The zero-order chi connectivity index (χ0) is 17.7. The first-order chi connectivity index (χ1) is 11.4. The molecule has 10 heteroatoms. The molecule has 2 aromatic rings. The molecule has 1 aromatic heterocycles. The molecule has 0 aliphatic heterocycles. The standard InChI is InChI=1S/C14H14N4O5S/c1-2-5-15-12(20)8-3-4-9(10(19)6-8)13(21)17-14-16-7-11(24-14)18(22)23/h3-4,6-7,19H,2,5H2,1H3,(H,15,20)(H,16,17,21). The molecule has 9 nitrogen and oxygen atoms in total. The average Bonchev–Trinajstić information content (AvgIpc) is 3.01. The molecule has 1 aromatic carbocycles. The van der Waals surface area contributed by atoms with E-state index in [1.54, 1.807) is 0 Å². The van der Waals surface area contributed by atoms with Crippen LogP contribution in [0.2, 0.25) is 0 Å². The third-order valence-electron chi connectivity index (χ3n) is 2.93. The maximum atomic E-state index is 12.1. The minimum Gasteiger partial charge on any atom is -0.507 e. The Kier molecular flexibility index (Phi) is 5.42. The summed E-state index contributed by atoms with van der Waals surface area (Å²) in [5, 5.41) is 25.4. The van der Waals surface area contributed by atoms with Gasteiger partial charge in [-0.25, -0.2) is 4.98 Å². The molecule has 24 heavy (non-hydrogen) atoms. The van der Waals surface area contributed by atoms with Gasteiger partial charge in [-0.2, -0.15) is 0 Å². The van der Waals surface area contributed by atoms with Crippen LogP contribution < -0.4 is 10.6 Å². The molecule has 1 heterocycles. The van der Waals surface area contributed by atoms with Crippen molar-refractivity contribution in [3.8, 4) is 5.75 Å². The normalized spacial score (nSPS) is 10.2. The maximum Gasteiger partial charge on any atom is 0.345 e. The lowest BCUT2D eigenvalue weighted by atomic mass is 10.1. The van der Waals surface area contributed by atoms with E-state index in [9.17, 15) is 24.8 Å². The molecule has 0 bridgehead atoms. The summed E-state index contributed by atoms with van der Waals surface area (Å²) < 4.78 is 0. The largest absolute Gasteiger partial charge is 0.507 e. The summed E-state index contributed by atoms with van der Waals surface area (Å²) in [5.41, 5.74) is 0.155. The van der Waals surface area contributed by atoms with Gasteiger partial charge in [0, 0.05) is 12.1 Å². The third kappa shape index (κ3) is 4.04. The molecule has 0 radical (unpaired) electrons. The van der Waals surface area contributed by atoms with Crippen molar-refractivity contribution in [3.63, 3.8) is 0 Å². The van der Waals surface area contributed by atoms with E-state index in [0.29, 0.717) is 17.9 Å². The number of nitro groups is 1. The number of anilines is 1. The monoisotopic (exact) mass is 350 g/mol. The Hall–Kier alpha value is -3.01. The fraction of sp³-hybridized carbons (Fsp3) is 0.214. The summed E-state index contributed by atoms with van der Waals surface area (Å²) in [5.74, 6) is -1.41. The maximum absolute atomic E-state index is 12.1. The smallest absolute Gasteiger partial charge is 0.345 e. The van der Waals surface area contributed by atoms with Crippen LogP contribution in [0.3, 0.4) is 0 Å². The van der Waals surface area contributed by atoms with E-state index >= 15 is 0 Å². The second-order valence-corrected chi connectivity index (χ2v) is 5.71. The van der Waals surface area contributed by atoms with Crippen molar-refractivity contribution in [1.82, 2.24) is 10.3 Å². The second kappa shape index (κ2) is 7.51. The molecular formula is C14H14N4O5S. The summed E-state index contributed by atoms with van der Waals surface area (Å²) in [4.78, 5) is 37.6. The van der Waals surface area contributed by atoms with Crippen molar-refractivity contribution in [2.75, 3.05) is 11.9 Å². The van der Waals surface area contributed by atoms with Gasteiger partial charge in [-0.15, -0.1) is 0 Å². The van der Waals surface area contributed by atoms with E-state index in [2.05, 4.69) is 15.6 Å². The first kappa shape index (κ1) is 17.3. The Morgan fingerprint density at radius 2 is 2.12 bits per heavy atom. The van der Waals surface area contributed by atoms with E-state index in [1.807, 2.05) is 6.92 Å². The van der Waals surface area contributed by atoms with Crippen LogP contribution in [-0.2, 0) is 0 Å². The van der Waals surface area contributed by atoms with Gasteiger partial charge >= 0.3 is 5.00 Å². The van der Waals surface area contributed by atoms with Gasteiger partial charge in [0.05, 0.1) is 10.5 Å². The number of hydrogen-bond acceptors (Lipinski definition) is 7. The first-order valence-electron chi connectivity index (χ1n) is 6.95. The number of phenolic OH excluding ortho intramolecular Hbond substituents is 1. The number of aromatic hydroxyl groups is 1. The number of hydrogen-bond donors (Lipinski definition) is 3. The number of carbonyl (C=O) groups is 2. The average molecular weight is 350 g/mol. The second-order valence-electron chi connectivity index (χ2n) is 4.70. The fourth-order valence-electron chi connectivity index (χ4n) is 1.78. The molecule has 0 fully saturated rings. The predicted octanol–water partition coefficient (Wildman–Crippen LogP) is 2.15. The molecule has 126 valence electrons. The number of phenols is 1. The summed E-state index contributed by atoms with van der Waals surface area (Å²) in [6, 6.07) is 3.89. The van der Waals surface area contributed by atoms with E-state index < -0.39 is 10.8 Å². The first-order valence-corrected chi connectivity index (χ1v) is 7.76. The predicted molar refractivity (Wildman–Crippen MR) is 87.5 cm³/mol. The molecule has 2 rings (SSSR count). The number of thiazole rings is 1. The molecule has 0 aliphatic carbocycles. The number of amides is 2. The van der Waals surface area contributed by atoms with Crippen LogP contribution in [0.5, 0.6) is 5.75 Å². The number of nitrogens with one attached hydrogen (secondary N) is 2. The lowest BCUT2D eigenvalue weighted by molar-refractivity contribution is -0.380. The van der Waals surface area contributed by atoms with Crippen LogP contribution >= 0.6 is 11.3 Å². The minimum atomic E-state index is -0.683. The Labute approximate surface area is 140 Å². The van der Waals surface area contributed by atoms with E-state index in [0.717, 1.165) is 12.6 Å². The molecule has 0 unspecified atom stereocenters. The Balaban J connectivity index is 2.11. The fourth-order valence-corrected chi connectivity index (χ4v) is 2.40. The molecule has 0 saturated heterocycles. The van der Waals surface area contributed by atoms with Gasteiger partial charge in [-0.3, -0.25) is 25.0 Å². The van der Waals surface area contributed by atoms with Crippen LogP contribution in [0, 0.1) is 10.1 Å². The number of aromatic nitrogens is 1. The van der Waals surface area contributed by atoms with E-state index in [4.69, 9.17) is 0 Å². The molecule has 0 saturated carbocycles. The van der Waals surface area contributed by atoms with Crippen LogP contribution in [0.4, 0.5) is 10.1 Å². The van der Waals surface area contributed by atoms with Crippen molar-refractivity contribution in [2.45, 2.75) is 13.3 Å². The van der Waals surface area contributed by atoms with Crippen LogP contribution in [-0.4, -0.2) is 33.4 Å². The van der Waals surface area contributed by atoms with Crippen molar-refractivity contribution in [2.24, 2.45) is 0 Å². The summed E-state index contributed by atoms with van der Waals surface area (Å²) >= 11 is 0.699. The summed E-state index contributed by atoms with van der Waals surface area (Å²) in [6.45, 7) is 2.42. The zero-order valence-electron chi connectivity index (χ0n) is 12.6. The highest BCUT2D eigenvalue weighted by molar-refractivity contribution is 7.18. The zero-order valence-corrected chi connectivity index (χ0v) is 13.4. The Morgan fingerprint density at radius 3 is 2.71 bits per heavy atom. The Morgan fingerprint density at radius 1 is 1.38 bits per heavy atom. The molecule has 3 N–H and O–H groups in total. The quantitative estimate of drug-likeness (QED) is 0.540. The van der Waals surface area contributed by atoms with Gasteiger partial charge in [-0.1, -0.05) is 6.92 Å². The van der Waals surface area contributed by atoms with Crippen LogP contribution in [0.15, 0.2) is 24.4 Å². The van der Waals surface area contributed by atoms with Gasteiger partial charge in [0.2, 0.25) is 0 Å². The topological polar surface area (TPSA) is 134 Å². The van der Waals surface area contributed by atoms with Gasteiger partial charge in [0.25, 0.3) is 11.8 Å². The molecule has 2 amide bonds. The van der Waals surface area contributed by atoms with Gasteiger partial charge in [0.1, 0.15) is 11.9 Å². The van der Waals surface area contributed by atoms with Gasteiger partial charge < -0.3 is 10.4 Å². The summed E-state index contributed by atoms with van der Waals surface area (Å²) in [7, 11) is 0. The lowest BCUT2D eigenvalue weighted by Gasteiger charge is -2.07. The number of rotatable bonds is 6. The molecule has 0 atom stereocenters. The summed E-state index contributed by atoms with van der Waals surface area (Å²) in [6.07, 6.45) is 1.81. The van der Waals surface area contributed by atoms with E-state index in [1.165, 1.54) is 18.2 Å². The SMILES string of the molecule is CCCNC(=O)c1ccc(C(=O)Nc2ncc([N+](=O)[O-])s2)c(O)c1. The van der Waals surface area contributed by atoms with Crippen LogP contribution in [0.25, 0.3) is 0 Å². The van der Waals surface area contributed by atoms with Crippen molar-refractivity contribution in [1.29, 1.82) is 0 Å². The third-order valence-corrected chi connectivity index (χ3v) is 3.80. The van der Waals surface area contributed by atoms with Crippen molar-refractivity contribution < 1.29 is 19.6 Å². The highest BCUT2D eigenvalue weighted by atomic mass is 32.1. The molecular weight excluding hydrogens is 336 g/mol. The van der Waals surface area contributed by atoms with Gasteiger partial charge in [-0.05, 0) is 36.0 Å². The van der Waals surface area contributed by atoms with Crippen molar-refractivity contribution >= 4 is 33.3 Å². The van der Waals surface area contributed by atoms with E-state index in [-0.39, 0.29) is 32.9 Å².